The molecule has 0 aromatic heterocycles. The molecule has 0 aliphatic carbocycles. The zero-order chi connectivity index (χ0) is 10.8. The molecule has 1 saturated heterocycles. The van der Waals surface area contributed by atoms with Crippen molar-refractivity contribution < 1.29 is 14.4 Å². The van der Waals surface area contributed by atoms with E-state index in [2.05, 4.69) is 0 Å². The largest absolute Gasteiger partial charge is 0.299 e. The van der Waals surface area contributed by atoms with Crippen LogP contribution < -0.4 is 0 Å². The highest BCUT2D eigenvalue weighted by atomic mass is 16.7. The maximum Gasteiger partial charge on any atom is 0.148 e. The molecule has 0 radical (unpaired) electrons. The van der Waals surface area contributed by atoms with Gasteiger partial charge in [0.15, 0.2) is 0 Å². The van der Waals surface area contributed by atoms with Crippen molar-refractivity contribution in [3.05, 3.63) is 5.70 Å². The normalized spacial score (nSPS) is 18.4. The summed E-state index contributed by atoms with van der Waals surface area (Å²) in [6.07, 6.45) is 0.570. The van der Waals surface area contributed by atoms with Crippen LogP contribution in [-0.4, -0.2) is 28.9 Å². The van der Waals surface area contributed by atoms with Gasteiger partial charge in [-0.25, -0.2) is 9.86 Å². The zero-order valence-electron chi connectivity index (χ0n) is 8.79. The Morgan fingerprint density at radius 1 is 1.43 bits per heavy atom. The molecule has 0 amide bonds. The number of allylic oxidation sites excluding steroid dienone is 1. The van der Waals surface area contributed by atoms with E-state index in [1.807, 2.05) is 20.8 Å². The third-order valence-electron chi connectivity index (χ3n) is 1.76. The van der Waals surface area contributed by atoms with E-state index in [0.717, 1.165) is 0 Å². The molecular formula is C10H15NO3. The first-order chi connectivity index (χ1) is 6.42. The van der Waals surface area contributed by atoms with Gasteiger partial charge in [0, 0.05) is 6.42 Å². The number of hydroxylamine groups is 2. The van der Waals surface area contributed by atoms with Crippen molar-refractivity contribution in [1.29, 1.82) is 0 Å². The molecule has 0 saturated carbocycles. The second kappa shape index (κ2) is 3.95. The third kappa shape index (κ3) is 2.98. The number of piperidine rings is 1. The summed E-state index contributed by atoms with van der Waals surface area (Å²) >= 11 is 0. The summed E-state index contributed by atoms with van der Waals surface area (Å²) in [4.78, 5) is 27.1. The van der Waals surface area contributed by atoms with Crippen molar-refractivity contribution >= 4 is 11.7 Å². The van der Waals surface area contributed by atoms with Gasteiger partial charge in [-0.05, 0) is 20.8 Å². The molecule has 1 fully saturated rings. The Hall–Kier alpha value is -1.12. The molecule has 0 unspecified atom stereocenters. The quantitative estimate of drug-likeness (QED) is 0.590. The lowest BCUT2D eigenvalue weighted by Crippen LogP contribution is -2.38. The molecule has 78 valence electrons. The average Bonchev–Trinajstić information content (AvgIpc) is 2.06. The Kier molecular flexibility index (Phi) is 3.09. The molecule has 1 rings (SSSR count). The Bertz CT molecular complexity index is 284. The van der Waals surface area contributed by atoms with Gasteiger partial charge in [-0.15, -0.1) is 0 Å². The van der Waals surface area contributed by atoms with Gasteiger partial charge in [0.05, 0.1) is 18.6 Å². The maximum absolute atomic E-state index is 11.1. The number of hydrogen-bond donors (Lipinski definition) is 0. The molecule has 0 aromatic carbocycles. The highest BCUT2D eigenvalue weighted by molar-refractivity contribution is 5.84. The van der Waals surface area contributed by atoms with Gasteiger partial charge in [0.25, 0.3) is 0 Å². The predicted molar refractivity (Wildman–Crippen MR) is 51.0 cm³/mol. The van der Waals surface area contributed by atoms with E-state index >= 15 is 0 Å². The van der Waals surface area contributed by atoms with Gasteiger partial charge < -0.3 is 0 Å². The van der Waals surface area contributed by atoms with Crippen molar-refractivity contribution in [2.24, 2.45) is 0 Å². The number of hydrogen-bond acceptors (Lipinski definition) is 4. The summed E-state index contributed by atoms with van der Waals surface area (Å²) in [5, 5.41) is 1.48. The summed E-state index contributed by atoms with van der Waals surface area (Å²) in [5.41, 5.74) is -0.0566. The Morgan fingerprint density at radius 2 is 2.07 bits per heavy atom. The molecule has 4 nitrogen and oxygen atoms in total. The zero-order valence-corrected chi connectivity index (χ0v) is 8.79. The highest BCUT2D eigenvalue weighted by Gasteiger charge is 2.26. The van der Waals surface area contributed by atoms with E-state index < -0.39 is 0 Å². The van der Waals surface area contributed by atoms with Gasteiger partial charge in [-0.2, -0.15) is 0 Å². The molecule has 0 atom stereocenters. The van der Waals surface area contributed by atoms with E-state index in [1.165, 1.54) is 5.06 Å². The van der Waals surface area contributed by atoms with Crippen molar-refractivity contribution in [2.45, 2.75) is 39.2 Å². The lowest BCUT2D eigenvalue weighted by Gasteiger charge is -2.33. The molecule has 1 heterocycles. The van der Waals surface area contributed by atoms with Crippen LogP contribution in [0, 0.1) is 0 Å². The fraction of sp³-hybridized carbons (Fsp3) is 0.700. The van der Waals surface area contributed by atoms with Gasteiger partial charge in [0.1, 0.15) is 17.4 Å². The van der Waals surface area contributed by atoms with E-state index in [1.54, 1.807) is 5.94 Å². The topological polar surface area (TPSA) is 46.6 Å². The molecule has 0 aromatic rings. The molecule has 0 spiro atoms. The standard InChI is InChI=1S/C10H15NO3/c1-10(2,3)14-11-5-4-9(13)6-8(11)7-12/h4-6H2,1-3H3. The average molecular weight is 197 g/mol. The van der Waals surface area contributed by atoms with Gasteiger partial charge >= 0.3 is 0 Å². The lowest BCUT2D eigenvalue weighted by atomic mass is 10.1. The fourth-order valence-corrected chi connectivity index (χ4v) is 1.24. The molecule has 4 heteroatoms. The van der Waals surface area contributed by atoms with Gasteiger partial charge in [0.2, 0.25) is 0 Å². The monoisotopic (exact) mass is 197 g/mol. The van der Waals surface area contributed by atoms with Crippen molar-refractivity contribution in [3.63, 3.8) is 0 Å². The number of carbonyl (C=O) groups is 1. The van der Waals surface area contributed by atoms with E-state index in [4.69, 9.17) is 4.84 Å². The number of carbonyl (C=O) groups excluding carboxylic acids is 2. The number of nitrogens with zero attached hydrogens (tertiary/aromatic N) is 1. The first kappa shape index (κ1) is 11.0. The smallest absolute Gasteiger partial charge is 0.148 e. The Labute approximate surface area is 83.5 Å². The lowest BCUT2D eigenvalue weighted by molar-refractivity contribution is -0.212. The van der Waals surface area contributed by atoms with Gasteiger partial charge in [-0.1, -0.05) is 0 Å². The summed E-state index contributed by atoms with van der Waals surface area (Å²) in [6, 6.07) is 0. The molecule has 1 aliphatic rings. The predicted octanol–water partition coefficient (Wildman–Crippen LogP) is 1.10. The second-order valence-electron chi connectivity index (χ2n) is 4.32. The van der Waals surface area contributed by atoms with Crippen LogP contribution in [0.15, 0.2) is 5.70 Å². The molecule has 0 bridgehead atoms. The molecular weight excluding hydrogens is 182 g/mol. The summed E-state index contributed by atoms with van der Waals surface area (Å²) in [7, 11) is 0. The highest BCUT2D eigenvalue weighted by Crippen LogP contribution is 2.20. The minimum absolute atomic E-state index is 0.0668. The summed E-state index contributed by atoms with van der Waals surface area (Å²) in [6.45, 7) is 6.13. The molecule has 1 aliphatic heterocycles. The Balaban J connectivity index is 2.70. The van der Waals surface area contributed by atoms with Crippen LogP contribution in [0.1, 0.15) is 33.6 Å². The number of Topliss-reactive ketones (excluding diaryl/α,β-unsaturated/α-hetero) is 1. The van der Waals surface area contributed by atoms with Crippen molar-refractivity contribution in [3.8, 4) is 0 Å². The first-order valence-corrected chi connectivity index (χ1v) is 4.65. The second-order valence-corrected chi connectivity index (χ2v) is 4.32. The molecule has 0 N–H and O–H groups in total. The van der Waals surface area contributed by atoms with Crippen LogP contribution in [0.4, 0.5) is 0 Å². The number of rotatable bonds is 1. The van der Waals surface area contributed by atoms with Crippen LogP contribution in [0.3, 0.4) is 0 Å². The fourth-order valence-electron chi connectivity index (χ4n) is 1.24. The Morgan fingerprint density at radius 3 is 2.57 bits per heavy atom. The first-order valence-electron chi connectivity index (χ1n) is 4.65. The van der Waals surface area contributed by atoms with E-state index in [9.17, 15) is 9.59 Å². The maximum atomic E-state index is 11.1. The molecule has 14 heavy (non-hydrogen) atoms. The SMILES string of the molecule is CC(C)(C)ON1CCC(=O)CC1=C=O. The minimum Gasteiger partial charge on any atom is -0.299 e. The summed E-state index contributed by atoms with van der Waals surface area (Å²) < 4.78 is 0. The van der Waals surface area contributed by atoms with Crippen LogP contribution >= 0.6 is 0 Å². The van der Waals surface area contributed by atoms with Crippen LogP contribution in [-0.2, 0) is 14.4 Å². The van der Waals surface area contributed by atoms with E-state index in [-0.39, 0.29) is 17.8 Å². The van der Waals surface area contributed by atoms with Crippen LogP contribution in [0.25, 0.3) is 0 Å². The van der Waals surface area contributed by atoms with Crippen LogP contribution in [0.5, 0.6) is 0 Å². The van der Waals surface area contributed by atoms with E-state index in [0.29, 0.717) is 18.7 Å². The van der Waals surface area contributed by atoms with Crippen molar-refractivity contribution in [1.82, 2.24) is 5.06 Å². The number of ketones is 1. The van der Waals surface area contributed by atoms with Gasteiger partial charge in [-0.3, -0.25) is 9.63 Å². The third-order valence-corrected chi connectivity index (χ3v) is 1.76. The van der Waals surface area contributed by atoms with Crippen LogP contribution in [0.2, 0.25) is 0 Å². The van der Waals surface area contributed by atoms with Crippen molar-refractivity contribution in [2.75, 3.05) is 6.54 Å². The minimum atomic E-state index is -0.359. The summed E-state index contributed by atoms with van der Waals surface area (Å²) in [5.74, 6) is 1.82.